The van der Waals surface area contributed by atoms with Crippen molar-refractivity contribution >= 4 is 34.6 Å². The molecule has 0 unspecified atom stereocenters. The molecule has 0 atom stereocenters. The van der Waals surface area contributed by atoms with E-state index in [1.807, 2.05) is 79.7 Å². The molecule has 5 nitrogen and oxygen atoms in total. The predicted molar refractivity (Wildman–Crippen MR) is 135 cm³/mol. The summed E-state index contributed by atoms with van der Waals surface area (Å²) >= 11 is 1.40. The number of amides is 1. The number of methoxy groups -OCH3 is 1. The van der Waals surface area contributed by atoms with Gasteiger partial charge in [0.05, 0.1) is 24.3 Å². The van der Waals surface area contributed by atoms with Gasteiger partial charge in [-0.2, -0.15) is 0 Å². The van der Waals surface area contributed by atoms with E-state index in [0.29, 0.717) is 34.7 Å². The summed E-state index contributed by atoms with van der Waals surface area (Å²) in [6.45, 7) is 3.05. The van der Waals surface area contributed by atoms with Gasteiger partial charge in [0.15, 0.2) is 16.7 Å². The number of rotatable bonds is 8. The normalized spacial score (nSPS) is 15.9. The van der Waals surface area contributed by atoms with Crippen LogP contribution < -0.4 is 9.47 Å². The lowest BCUT2D eigenvalue weighted by Crippen LogP contribution is -2.31. The van der Waals surface area contributed by atoms with E-state index in [-0.39, 0.29) is 5.91 Å². The molecule has 1 aliphatic rings. The Hall–Kier alpha value is -3.51. The average Bonchev–Trinajstić information content (AvgIpc) is 3.13. The molecule has 1 heterocycles. The van der Waals surface area contributed by atoms with Gasteiger partial charge in [0, 0.05) is 6.54 Å². The molecule has 3 aromatic carbocycles. The molecule has 4 rings (SSSR count). The number of benzene rings is 3. The molecular formula is C27H26N2O3S. The Balaban J connectivity index is 1.63. The van der Waals surface area contributed by atoms with Crippen molar-refractivity contribution in [1.82, 2.24) is 4.90 Å². The Morgan fingerprint density at radius 1 is 0.970 bits per heavy atom. The molecule has 1 fully saturated rings. The quantitative estimate of drug-likeness (QED) is 0.392. The van der Waals surface area contributed by atoms with Crippen LogP contribution in [-0.4, -0.2) is 36.2 Å². The first-order valence-electron chi connectivity index (χ1n) is 10.9. The third-order valence-electron chi connectivity index (χ3n) is 5.12. The Morgan fingerprint density at radius 2 is 1.70 bits per heavy atom. The van der Waals surface area contributed by atoms with Gasteiger partial charge >= 0.3 is 0 Å². The fourth-order valence-corrected chi connectivity index (χ4v) is 4.51. The van der Waals surface area contributed by atoms with Crippen LogP contribution in [0.1, 0.15) is 18.1 Å². The van der Waals surface area contributed by atoms with E-state index in [1.54, 1.807) is 12.0 Å². The second kappa shape index (κ2) is 10.9. The molecular weight excluding hydrogens is 432 g/mol. The second-order valence-corrected chi connectivity index (χ2v) is 8.39. The SMILES string of the molecule is CCOc1ccc(/C=C2/SC(=Nc3ccccc3)N(CCc3ccccc3)C2=O)cc1OC. The van der Waals surface area contributed by atoms with Crippen molar-refractivity contribution in [2.45, 2.75) is 13.3 Å². The molecule has 0 radical (unpaired) electrons. The van der Waals surface area contributed by atoms with Gasteiger partial charge in [-0.15, -0.1) is 0 Å². The first-order valence-corrected chi connectivity index (χ1v) is 11.7. The monoisotopic (exact) mass is 458 g/mol. The zero-order valence-corrected chi connectivity index (χ0v) is 19.5. The lowest BCUT2D eigenvalue weighted by Gasteiger charge is -2.15. The number of carbonyl (C=O) groups excluding carboxylic acids is 1. The summed E-state index contributed by atoms with van der Waals surface area (Å²) < 4.78 is 11.1. The number of amidine groups is 1. The van der Waals surface area contributed by atoms with Gasteiger partial charge in [0.1, 0.15) is 0 Å². The van der Waals surface area contributed by atoms with Crippen LogP contribution in [0.15, 0.2) is 88.8 Å². The van der Waals surface area contributed by atoms with Gasteiger partial charge in [0.2, 0.25) is 0 Å². The number of hydrogen-bond donors (Lipinski definition) is 0. The van der Waals surface area contributed by atoms with Crippen molar-refractivity contribution < 1.29 is 14.3 Å². The molecule has 0 N–H and O–H groups in total. The molecule has 1 saturated heterocycles. The third-order valence-corrected chi connectivity index (χ3v) is 6.13. The van der Waals surface area contributed by atoms with E-state index in [2.05, 4.69) is 12.1 Å². The number of carbonyl (C=O) groups is 1. The average molecular weight is 459 g/mol. The molecule has 33 heavy (non-hydrogen) atoms. The summed E-state index contributed by atoms with van der Waals surface area (Å²) in [7, 11) is 1.61. The lowest BCUT2D eigenvalue weighted by molar-refractivity contribution is -0.122. The molecule has 6 heteroatoms. The Labute approximate surface area is 198 Å². The molecule has 0 bridgehead atoms. The van der Waals surface area contributed by atoms with Crippen molar-refractivity contribution in [3.05, 3.63) is 94.9 Å². The van der Waals surface area contributed by atoms with E-state index in [9.17, 15) is 4.79 Å². The van der Waals surface area contributed by atoms with Crippen molar-refractivity contribution in [3.8, 4) is 11.5 Å². The summed E-state index contributed by atoms with van der Waals surface area (Å²) in [5, 5.41) is 0.686. The molecule has 3 aromatic rings. The van der Waals surface area contributed by atoms with Gasteiger partial charge in [-0.05, 0) is 66.6 Å². The van der Waals surface area contributed by atoms with Crippen LogP contribution in [0.4, 0.5) is 5.69 Å². The molecule has 168 valence electrons. The minimum atomic E-state index is -0.0431. The number of aliphatic imine (C=N–C) groups is 1. The molecule has 0 aromatic heterocycles. The highest BCUT2D eigenvalue weighted by atomic mass is 32.2. The first kappa shape index (κ1) is 22.7. The lowest BCUT2D eigenvalue weighted by atomic mass is 10.1. The molecule has 0 spiro atoms. The highest BCUT2D eigenvalue weighted by Gasteiger charge is 2.33. The maximum Gasteiger partial charge on any atom is 0.266 e. The van der Waals surface area contributed by atoms with Gasteiger partial charge in [-0.1, -0.05) is 54.6 Å². The molecule has 0 saturated carbocycles. The van der Waals surface area contributed by atoms with Crippen LogP contribution in [0.25, 0.3) is 6.08 Å². The standard InChI is InChI=1S/C27H26N2O3S/c1-3-32-23-15-14-21(18-24(23)31-2)19-25-26(30)29(17-16-20-10-6-4-7-11-20)27(33-25)28-22-12-8-5-9-13-22/h4-15,18-19H,3,16-17H2,1-2H3/b25-19+,28-27?. The number of nitrogens with zero attached hydrogens (tertiary/aromatic N) is 2. The number of thioether (sulfide) groups is 1. The smallest absolute Gasteiger partial charge is 0.266 e. The number of para-hydroxylation sites is 1. The Kier molecular flexibility index (Phi) is 7.47. The van der Waals surface area contributed by atoms with Crippen molar-refractivity contribution in [1.29, 1.82) is 0 Å². The number of ether oxygens (including phenoxy) is 2. The van der Waals surface area contributed by atoms with Crippen LogP contribution in [0, 0.1) is 0 Å². The highest BCUT2D eigenvalue weighted by molar-refractivity contribution is 8.18. The fourth-order valence-electron chi connectivity index (χ4n) is 3.49. The maximum absolute atomic E-state index is 13.4. The van der Waals surface area contributed by atoms with Crippen LogP contribution >= 0.6 is 11.8 Å². The van der Waals surface area contributed by atoms with Crippen molar-refractivity contribution in [2.24, 2.45) is 4.99 Å². The fraction of sp³-hybridized carbons (Fsp3) is 0.185. The highest BCUT2D eigenvalue weighted by Crippen LogP contribution is 2.36. The largest absolute Gasteiger partial charge is 0.493 e. The number of hydrogen-bond acceptors (Lipinski definition) is 5. The van der Waals surface area contributed by atoms with E-state index >= 15 is 0 Å². The maximum atomic E-state index is 13.4. The third kappa shape index (κ3) is 5.65. The Bertz CT molecular complexity index is 1160. The summed E-state index contributed by atoms with van der Waals surface area (Å²) in [6.07, 6.45) is 2.64. The van der Waals surface area contributed by atoms with Crippen LogP contribution in [0.3, 0.4) is 0 Å². The first-order chi connectivity index (χ1) is 16.2. The zero-order valence-electron chi connectivity index (χ0n) is 18.7. The van der Waals surface area contributed by atoms with Gasteiger partial charge in [0.25, 0.3) is 5.91 Å². The summed E-state index contributed by atoms with van der Waals surface area (Å²) in [4.78, 5) is 20.5. The topological polar surface area (TPSA) is 51.1 Å². The Morgan fingerprint density at radius 3 is 2.39 bits per heavy atom. The van der Waals surface area contributed by atoms with Gasteiger partial charge < -0.3 is 9.47 Å². The summed E-state index contributed by atoms with van der Waals surface area (Å²) in [5.41, 5.74) is 2.87. The van der Waals surface area contributed by atoms with Crippen LogP contribution in [-0.2, 0) is 11.2 Å². The second-order valence-electron chi connectivity index (χ2n) is 7.38. The van der Waals surface area contributed by atoms with Crippen molar-refractivity contribution in [2.75, 3.05) is 20.3 Å². The molecule has 1 aliphatic heterocycles. The minimum Gasteiger partial charge on any atom is -0.493 e. The molecule has 0 aliphatic carbocycles. The van der Waals surface area contributed by atoms with E-state index < -0.39 is 0 Å². The van der Waals surface area contributed by atoms with Crippen LogP contribution in [0.2, 0.25) is 0 Å². The molecule has 1 amide bonds. The zero-order chi connectivity index (χ0) is 23.0. The van der Waals surface area contributed by atoms with E-state index in [0.717, 1.165) is 17.7 Å². The minimum absolute atomic E-state index is 0.0431. The van der Waals surface area contributed by atoms with E-state index in [1.165, 1.54) is 17.3 Å². The summed E-state index contributed by atoms with van der Waals surface area (Å²) in [5.74, 6) is 1.28. The predicted octanol–water partition coefficient (Wildman–Crippen LogP) is 5.94. The van der Waals surface area contributed by atoms with Crippen LogP contribution in [0.5, 0.6) is 11.5 Å². The van der Waals surface area contributed by atoms with Gasteiger partial charge in [-0.3, -0.25) is 9.69 Å². The summed E-state index contributed by atoms with van der Waals surface area (Å²) in [6, 6.07) is 25.6. The van der Waals surface area contributed by atoms with Gasteiger partial charge in [-0.25, -0.2) is 4.99 Å². The van der Waals surface area contributed by atoms with Crippen molar-refractivity contribution in [3.63, 3.8) is 0 Å². The van der Waals surface area contributed by atoms with E-state index in [4.69, 9.17) is 14.5 Å².